The molecule has 0 radical (unpaired) electrons. The Bertz CT molecular complexity index is 909. The Hall–Kier alpha value is -3.36. The van der Waals surface area contributed by atoms with E-state index in [4.69, 9.17) is 9.47 Å². The lowest BCUT2D eigenvalue weighted by atomic mass is 10.2. The Morgan fingerprint density at radius 2 is 1.59 bits per heavy atom. The van der Waals surface area contributed by atoms with Gasteiger partial charge in [0.15, 0.2) is 0 Å². The van der Waals surface area contributed by atoms with Crippen molar-refractivity contribution in [3.8, 4) is 11.5 Å². The van der Waals surface area contributed by atoms with Crippen LogP contribution < -0.4 is 9.47 Å². The molecule has 0 atom stereocenters. The van der Waals surface area contributed by atoms with Crippen molar-refractivity contribution in [3.63, 3.8) is 0 Å². The molecule has 0 unspecified atom stereocenters. The zero-order valence-electron chi connectivity index (χ0n) is 17.2. The second-order valence-electron chi connectivity index (χ2n) is 6.66. The summed E-state index contributed by atoms with van der Waals surface area (Å²) in [4.78, 5) is 23.8. The predicted molar refractivity (Wildman–Crippen MR) is 109 cm³/mol. The van der Waals surface area contributed by atoms with Crippen molar-refractivity contribution in [2.75, 3.05) is 6.61 Å². The number of carbonyl (C=O) groups excluding carboxylic acids is 2. The van der Waals surface area contributed by atoms with E-state index in [1.165, 1.54) is 18.2 Å². The van der Waals surface area contributed by atoms with Crippen molar-refractivity contribution in [3.05, 3.63) is 65.7 Å². The summed E-state index contributed by atoms with van der Waals surface area (Å²) in [7, 11) is 0. The molecule has 5 nitrogen and oxygen atoms in total. The van der Waals surface area contributed by atoms with Gasteiger partial charge in [-0.15, -0.1) is 0 Å². The van der Waals surface area contributed by atoms with E-state index in [1.807, 2.05) is 0 Å². The fourth-order valence-electron chi connectivity index (χ4n) is 2.41. The maximum atomic E-state index is 12.9. The van der Waals surface area contributed by atoms with Crippen LogP contribution in [0.1, 0.15) is 42.1 Å². The van der Waals surface area contributed by atoms with Gasteiger partial charge in [-0.2, -0.15) is 17.6 Å². The summed E-state index contributed by atoms with van der Waals surface area (Å²) in [6.07, 6.45) is -2.93. The second-order valence-corrected chi connectivity index (χ2v) is 6.66. The highest BCUT2D eigenvalue weighted by atomic mass is 19.3. The molecule has 0 N–H and O–H groups in total. The molecule has 0 saturated heterocycles. The lowest BCUT2D eigenvalue weighted by Crippen LogP contribution is -2.33. The van der Waals surface area contributed by atoms with Crippen LogP contribution in [0.2, 0.25) is 0 Å². The van der Waals surface area contributed by atoms with Gasteiger partial charge in [-0.1, -0.05) is 31.9 Å². The third-order valence-corrected chi connectivity index (χ3v) is 4.09. The summed E-state index contributed by atoms with van der Waals surface area (Å²) in [5, 5.41) is 0. The van der Waals surface area contributed by atoms with E-state index in [9.17, 15) is 27.2 Å². The number of rotatable bonds is 11. The highest BCUT2D eigenvalue weighted by Gasteiger charge is 2.43. The largest absolute Gasteiger partial charge is 0.463 e. The van der Waals surface area contributed by atoms with Crippen LogP contribution in [0, 0.1) is 0 Å². The molecule has 32 heavy (non-hydrogen) atoms. The van der Waals surface area contributed by atoms with Crippen LogP contribution in [0.15, 0.2) is 54.6 Å². The molecule has 0 fully saturated rings. The van der Waals surface area contributed by atoms with E-state index in [-0.39, 0.29) is 11.3 Å². The van der Waals surface area contributed by atoms with E-state index in [1.54, 1.807) is 18.2 Å². The fraction of sp³-hybridized carbons (Fsp3) is 0.304. The Balaban J connectivity index is 1.88. The summed E-state index contributed by atoms with van der Waals surface area (Å²) in [6.45, 7) is 2.42. The lowest BCUT2D eigenvalue weighted by molar-refractivity contribution is -0.253. The molecule has 0 aliphatic carbocycles. The molecule has 0 bridgehead atoms. The van der Waals surface area contributed by atoms with Crippen LogP contribution in [0.25, 0.3) is 6.08 Å². The Morgan fingerprint density at radius 1 is 0.969 bits per heavy atom. The SMILES string of the molecule is CCCCCOC(=O)C=Cc1ccc(OC(=O)c2ccc(OC(F)(F)C(F)F)cc2)cc1. The Morgan fingerprint density at radius 3 is 2.19 bits per heavy atom. The van der Waals surface area contributed by atoms with E-state index in [2.05, 4.69) is 11.7 Å². The van der Waals surface area contributed by atoms with Crippen LogP contribution >= 0.6 is 0 Å². The number of benzene rings is 2. The normalized spacial score (nSPS) is 11.6. The van der Waals surface area contributed by atoms with Crippen LogP contribution in [-0.4, -0.2) is 31.1 Å². The average molecular weight is 454 g/mol. The highest BCUT2D eigenvalue weighted by Crippen LogP contribution is 2.27. The van der Waals surface area contributed by atoms with Gasteiger partial charge in [0.25, 0.3) is 0 Å². The number of carbonyl (C=O) groups is 2. The molecule has 2 rings (SSSR count). The topological polar surface area (TPSA) is 61.8 Å². The van der Waals surface area contributed by atoms with E-state index in [0.29, 0.717) is 12.2 Å². The number of alkyl halides is 4. The summed E-state index contributed by atoms with van der Waals surface area (Å²) in [5.74, 6) is -1.54. The van der Waals surface area contributed by atoms with E-state index >= 15 is 0 Å². The first kappa shape index (κ1) is 24.9. The van der Waals surface area contributed by atoms with Crippen molar-refractivity contribution >= 4 is 18.0 Å². The zero-order chi connectivity index (χ0) is 23.6. The molecular formula is C23H22F4O5. The highest BCUT2D eigenvalue weighted by molar-refractivity contribution is 5.91. The van der Waals surface area contributed by atoms with Gasteiger partial charge in [0.1, 0.15) is 11.5 Å². The third-order valence-electron chi connectivity index (χ3n) is 4.09. The number of hydrogen-bond donors (Lipinski definition) is 0. The van der Waals surface area contributed by atoms with Crippen molar-refractivity contribution in [1.82, 2.24) is 0 Å². The predicted octanol–water partition coefficient (Wildman–Crippen LogP) is 5.89. The molecule has 0 amide bonds. The van der Waals surface area contributed by atoms with Gasteiger partial charge in [-0.3, -0.25) is 0 Å². The Kier molecular flexibility index (Phi) is 9.24. The standard InChI is InChI=1S/C23H22F4O5/c1-2-3-4-15-30-20(28)14-7-16-5-10-18(11-6-16)31-21(29)17-8-12-19(13-9-17)32-23(26,27)22(24)25/h5-14,22H,2-4,15H2,1H3. The Labute approximate surface area is 182 Å². The molecule has 9 heteroatoms. The number of ether oxygens (including phenoxy) is 3. The van der Waals surface area contributed by atoms with Crippen molar-refractivity contribution < 1.29 is 41.4 Å². The number of unbranched alkanes of at least 4 members (excludes halogenated alkanes) is 2. The molecule has 0 aromatic heterocycles. The lowest BCUT2D eigenvalue weighted by Gasteiger charge is -2.16. The minimum Gasteiger partial charge on any atom is -0.463 e. The van der Waals surface area contributed by atoms with E-state index in [0.717, 1.165) is 43.5 Å². The zero-order valence-corrected chi connectivity index (χ0v) is 17.2. The first-order valence-electron chi connectivity index (χ1n) is 9.83. The summed E-state index contributed by atoms with van der Waals surface area (Å²) in [6, 6.07) is 10.4. The first-order valence-corrected chi connectivity index (χ1v) is 9.83. The molecular weight excluding hydrogens is 432 g/mol. The van der Waals surface area contributed by atoms with Crippen LogP contribution in [-0.2, 0) is 9.53 Å². The molecule has 0 aliphatic rings. The monoisotopic (exact) mass is 454 g/mol. The van der Waals surface area contributed by atoms with Gasteiger partial charge in [0.2, 0.25) is 0 Å². The van der Waals surface area contributed by atoms with Crippen LogP contribution in [0.5, 0.6) is 11.5 Å². The third kappa shape index (κ3) is 8.05. The smallest absolute Gasteiger partial charge is 0.461 e. The van der Waals surface area contributed by atoms with Crippen LogP contribution in [0.4, 0.5) is 17.6 Å². The number of esters is 2. The summed E-state index contributed by atoms with van der Waals surface area (Å²) >= 11 is 0. The molecule has 0 aliphatic heterocycles. The van der Waals surface area contributed by atoms with E-state index < -0.39 is 30.2 Å². The number of halogens is 4. The van der Waals surface area contributed by atoms with Crippen molar-refractivity contribution in [1.29, 1.82) is 0 Å². The molecule has 2 aromatic rings. The van der Waals surface area contributed by atoms with Gasteiger partial charge in [-0.25, -0.2) is 9.59 Å². The average Bonchev–Trinajstić information content (AvgIpc) is 2.76. The maximum absolute atomic E-state index is 12.9. The van der Waals surface area contributed by atoms with Gasteiger partial charge in [0, 0.05) is 6.08 Å². The van der Waals surface area contributed by atoms with Crippen molar-refractivity contribution in [2.24, 2.45) is 0 Å². The first-order chi connectivity index (χ1) is 15.2. The minimum atomic E-state index is -4.63. The molecule has 0 heterocycles. The molecule has 0 saturated carbocycles. The second kappa shape index (κ2) is 11.9. The maximum Gasteiger partial charge on any atom is 0.461 e. The summed E-state index contributed by atoms with van der Waals surface area (Å²) in [5.41, 5.74) is 0.685. The summed E-state index contributed by atoms with van der Waals surface area (Å²) < 4.78 is 64.3. The molecule has 172 valence electrons. The fourth-order valence-corrected chi connectivity index (χ4v) is 2.41. The van der Waals surface area contributed by atoms with Gasteiger partial charge in [-0.05, 0) is 54.5 Å². The minimum absolute atomic E-state index is 0.00695. The molecule has 2 aromatic carbocycles. The molecule has 0 spiro atoms. The van der Waals surface area contributed by atoms with Crippen LogP contribution in [0.3, 0.4) is 0 Å². The van der Waals surface area contributed by atoms with Gasteiger partial charge >= 0.3 is 24.5 Å². The van der Waals surface area contributed by atoms with Gasteiger partial charge in [0.05, 0.1) is 12.2 Å². The number of hydrogen-bond acceptors (Lipinski definition) is 5. The van der Waals surface area contributed by atoms with Gasteiger partial charge < -0.3 is 14.2 Å². The quantitative estimate of drug-likeness (QED) is 0.139. The van der Waals surface area contributed by atoms with Crippen molar-refractivity contribution in [2.45, 2.75) is 38.7 Å².